The smallest absolute Gasteiger partial charge is 0.282 e. The minimum absolute atomic E-state index is 0.0795. The molecule has 3 aromatic carbocycles. The van der Waals surface area contributed by atoms with Gasteiger partial charge >= 0.3 is 0 Å². The summed E-state index contributed by atoms with van der Waals surface area (Å²) in [6.45, 7) is 3.60. The molecule has 1 aliphatic heterocycles. The van der Waals surface area contributed by atoms with Gasteiger partial charge in [-0.3, -0.25) is 9.59 Å². The van der Waals surface area contributed by atoms with Gasteiger partial charge < -0.3 is 5.32 Å². The summed E-state index contributed by atoms with van der Waals surface area (Å²) >= 11 is 12.4. The van der Waals surface area contributed by atoms with Crippen LogP contribution >= 0.6 is 23.2 Å². The molecule has 4 rings (SSSR count). The predicted molar refractivity (Wildman–Crippen MR) is 122 cm³/mol. The number of rotatable bonds is 4. The third kappa shape index (κ3) is 3.82. The van der Waals surface area contributed by atoms with Crippen molar-refractivity contribution in [3.63, 3.8) is 0 Å². The molecular formula is C24H17Cl2FN2O2. The van der Waals surface area contributed by atoms with Gasteiger partial charge in [0.2, 0.25) is 0 Å². The lowest BCUT2D eigenvalue weighted by Crippen LogP contribution is -2.33. The van der Waals surface area contributed by atoms with Crippen molar-refractivity contribution in [2.24, 2.45) is 0 Å². The van der Waals surface area contributed by atoms with Crippen LogP contribution in [0.3, 0.4) is 0 Å². The number of benzene rings is 3. The summed E-state index contributed by atoms with van der Waals surface area (Å²) in [5, 5.41) is 4.00. The predicted octanol–water partition coefficient (Wildman–Crippen LogP) is 6.15. The summed E-state index contributed by atoms with van der Waals surface area (Å²) in [6.07, 6.45) is 0. The van der Waals surface area contributed by atoms with Crippen molar-refractivity contribution in [2.45, 2.75) is 13.8 Å². The van der Waals surface area contributed by atoms with E-state index in [-0.39, 0.29) is 11.3 Å². The molecule has 1 N–H and O–H groups in total. The van der Waals surface area contributed by atoms with Gasteiger partial charge in [-0.05, 0) is 66.9 Å². The van der Waals surface area contributed by atoms with Crippen LogP contribution in [-0.2, 0) is 9.59 Å². The number of amides is 2. The Kier molecular flexibility index (Phi) is 5.56. The number of nitrogens with one attached hydrogen (secondary N) is 1. The van der Waals surface area contributed by atoms with E-state index < -0.39 is 17.6 Å². The van der Waals surface area contributed by atoms with E-state index >= 15 is 0 Å². The normalized spacial score (nSPS) is 13.9. The second-order valence-corrected chi connectivity index (χ2v) is 7.99. The average molecular weight is 455 g/mol. The zero-order valence-corrected chi connectivity index (χ0v) is 18.2. The molecule has 31 heavy (non-hydrogen) atoms. The van der Waals surface area contributed by atoms with E-state index in [1.54, 1.807) is 37.3 Å². The quantitative estimate of drug-likeness (QED) is 0.481. The van der Waals surface area contributed by atoms with Crippen LogP contribution in [0.4, 0.5) is 15.8 Å². The van der Waals surface area contributed by atoms with Crippen LogP contribution in [-0.4, -0.2) is 11.8 Å². The summed E-state index contributed by atoms with van der Waals surface area (Å²) < 4.78 is 13.5. The van der Waals surface area contributed by atoms with E-state index in [2.05, 4.69) is 5.32 Å². The molecule has 0 saturated heterocycles. The lowest BCUT2D eigenvalue weighted by molar-refractivity contribution is -0.120. The topological polar surface area (TPSA) is 49.4 Å². The van der Waals surface area contributed by atoms with Crippen molar-refractivity contribution in [1.29, 1.82) is 0 Å². The largest absolute Gasteiger partial charge is 0.350 e. The van der Waals surface area contributed by atoms with Gasteiger partial charge in [-0.1, -0.05) is 47.5 Å². The van der Waals surface area contributed by atoms with E-state index in [9.17, 15) is 14.0 Å². The van der Waals surface area contributed by atoms with Gasteiger partial charge in [0.1, 0.15) is 11.5 Å². The summed E-state index contributed by atoms with van der Waals surface area (Å²) in [7, 11) is 0. The summed E-state index contributed by atoms with van der Waals surface area (Å²) in [6, 6.07) is 15.7. The van der Waals surface area contributed by atoms with Crippen molar-refractivity contribution < 1.29 is 14.0 Å². The highest BCUT2D eigenvalue weighted by Gasteiger charge is 2.41. The van der Waals surface area contributed by atoms with E-state index in [4.69, 9.17) is 23.2 Å². The van der Waals surface area contributed by atoms with E-state index in [0.717, 1.165) is 10.5 Å². The Morgan fingerprint density at radius 3 is 2.26 bits per heavy atom. The van der Waals surface area contributed by atoms with E-state index in [0.29, 0.717) is 32.5 Å². The SMILES string of the molecule is Cc1ccc(NC2=C(c3ccc(F)cc3)C(=O)N(c3cccc(Cl)c3C)C2=O)cc1Cl. The van der Waals surface area contributed by atoms with Crippen molar-refractivity contribution in [3.8, 4) is 0 Å². The molecular weight excluding hydrogens is 438 g/mol. The zero-order chi connectivity index (χ0) is 22.3. The minimum Gasteiger partial charge on any atom is -0.350 e. The van der Waals surface area contributed by atoms with Crippen molar-refractivity contribution >= 4 is 52.0 Å². The molecule has 0 aromatic heterocycles. The molecule has 0 spiro atoms. The second-order valence-electron chi connectivity index (χ2n) is 7.18. The van der Waals surface area contributed by atoms with Crippen LogP contribution in [0.15, 0.2) is 66.4 Å². The zero-order valence-electron chi connectivity index (χ0n) is 16.7. The van der Waals surface area contributed by atoms with Gasteiger partial charge in [-0.15, -0.1) is 0 Å². The average Bonchev–Trinajstić information content (AvgIpc) is 2.97. The van der Waals surface area contributed by atoms with Crippen LogP contribution in [0.2, 0.25) is 10.0 Å². The number of hydrogen-bond acceptors (Lipinski definition) is 3. The molecule has 3 aromatic rings. The monoisotopic (exact) mass is 454 g/mol. The van der Waals surface area contributed by atoms with Gasteiger partial charge in [0.25, 0.3) is 11.8 Å². The Morgan fingerprint density at radius 1 is 0.871 bits per heavy atom. The Labute approximate surface area is 188 Å². The van der Waals surface area contributed by atoms with Crippen molar-refractivity contribution in [3.05, 3.63) is 98.9 Å². The second kappa shape index (κ2) is 8.17. The Hall–Kier alpha value is -3.15. The summed E-state index contributed by atoms with van der Waals surface area (Å²) in [4.78, 5) is 27.9. The maximum atomic E-state index is 13.5. The minimum atomic E-state index is -0.536. The molecule has 1 heterocycles. The van der Waals surface area contributed by atoms with Crippen LogP contribution in [0.5, 0.6) is 0 Å². The van der Waals surface area contributed by atoms with Gasteiger partial charge in [0.05, 0.1) is 11.3 Å². The highest BCUT2D eigenvalue weighted by molar-refractivity contribution is 6.46. The fourth-order valence-electron chi connectivity index (χ4n) is 3.40. The lowest BCUT2D eigenvalue weighted by Gasteiger charge is -2.18. The molecule has 2 amide bonds. The first kappa shape index (κ1) is 21.1. The number of imide groups is 1. The number of aryl methyl sites for hydroxylation is 1. The summed E-state index contributed by atoms with van der Waals surface area (Å²) in [5.41, 5.74) is 3.06. The van der Waals surface area contributed by atoms with Gasteiger partial charge in [0.15, 0.2) is 0 Å². The fourth-order valence-corrected chi connectivity index (χ4v) is 3.75. The van der Waals surface area contributed by atoms with E-state index in [1.807, 2.05) is 13.0 Å². The molecule has 0 saturated carbocycles. The van der Waals surface area contributed by atoms with Crippen LogP contribution in [0.25, 0.3) is 5.57 Å². The molecule has 0 unspecified atom stereocenters. The van der Waals surface area contributed by atoms with Crippen molar-refractivity contribution in [2.75, 3.05) is 10.2 Å². The Bertz CT molecular complexity index is 1250. The maximum absolute atomic E-state index is 13.5. The highest BCUT2D eigenvalue weighted by Crippen LogP contribution is 2.37. The molecule has 7 heteroatoms. The number of carbonyl (C=O) groups excluding carboxylic acids is 2. The molecule has 156 valence electrons. The Balaban J connectivity index is 1.85. The first-order valence-electron chi connectivity index (χ1n) is 9.45. The van der Waals surface area contributed by atoms with Crippen LogP contribution < -0.4 is 10.2 Å². The number of nitrogens with zero attached hydrogens (tertiary/aromatic N) is 1. The third-order valence-corrected chi connectivity index (χ3v) is 5.95. The molecule has 0 atom stereocenters. The maximum Gasteiger partial charge on any atom is 0.282 e. The molecule has 1 aliphatic rings. The number of hydrogen-bond donors (Lipinski definition) is 1. The first-order valence-corrected chi connectivity index (χ1v) is 10.2. The summed E-state index contributed by atoms with van der Waals surface area (Å²) in [5.74, 6) is -1.50. The fraction of sp³-hybridized carbons (Fsp3) is 0.0833. The number of carbonyl (C=O) groups is 2. The van der Waals surface area contributed by atoms with Crippen LogP contribution in [0, 0.1) is 19.7 Å². The third-order valence-electron chi connectivity index (χ3n) is 5.14. The molecule has 0 bridgehead atoms. The first-order chi connectivity index (χ1) is 14.8. The lowest BCUT2D eigenvalue weighted by atomic mass is 10.0. The van der Waals surface area contributed by atoms with Crippen LogP contribution in [0.1, 0.15) is 16.7 Å². The van der Waals surface area contributed by atoms with Gasteiger partial charge in [-0.2, -0.15) is 0 Å². The van der Waals surface area contributed by atoms with Gasteiger partial charge in [0, 0.05) is 15.7 Å². The standard InChI is InChI=1S/C24H17Cl2FN2O2/c1-13-6-11-17(12-19(13)26)28-22-21(15-7-9-16(27)10-8-15)23(30)29(24(22)31)20-5-3-4-18(25)14(20)2/h3-12,28H,1-2H3. The molecule has 0 aliphatic carbocycles. The Morgan fingerprint density at radius 2 is 1.58 bits per heavy atom. The van der Waals surface area contributed by atoms with Crippen molar-refractivity contribution in [1.82, 2.24) is 0 Å². The van der Waals surface area contributed by atoms with E-state index in [1.165, 1.54) is 24.3 Å². The molecule has 0 fully saturated rings. The number of halogens is 3. The number of anilines is 2. The van der Waals surface area contributed by atoms with Gasteiger partial charge in [-0.25, -0.2) is 9.29 Å². The molecule has 4 nitrogen and oxygen atoms in total. The molecule has 0 radical (unpaired) electrons. The highest BCUT2D eigenvalue weighted by atomic mass is 35.5.